The predicted molar refractivity (Wildman–Crippen MR) is 114 cm³/mol. The Labute approximate surface area is 174 Å². The quantitative estimate of drug-likeness (QED) is 0.464. The average molecular weight is 415 g/mol. The first-order valence-electron chi connectivity index (χ1n) is 9.29. The number of nitrogens with zero attached hydrogens (tertiary/aromatic N) is 3. The minimum atomic E-state index is -0.323. The van der Waals surface area contributed by atoms with E-state index in [1.165, 1.54) is 13.3 Å². The van der Waals surface area contributed by atoms with Crippen molar-refractivity contribution < 1.29 is 14.3 Å². The van der Waals surface area contributed by atoms with Gasteiger partial charge < -0.3 is 14.0 Å². The largest absolute Gasteiger partial charge is 0.491 e. The smallest absolute Gasteiger partial charge is 0.271 e. The molecule has 0 aliphatic carbocycles. The van der Waals surface area contributed by atoms with E-state index in [1.807, 2.05) is 19.9 Å². The van der Waals surface area contributed by atoms with E-state index < -0.39 is 0 Å². The van der Waals surface area contributed by atoms with Crippen molar-refractivity contribution >= 4 is 34.8 Å². The molecule has 0 unspecified atom stereocenters. The van der Waals surface area contributed by atoms with Crippen LogP contribution >= 0.6 is 11.6 Å². The lowest BCUT2D eigenvalue weighted by Gasteiger charge is -2.11. The van der Waals surface area contributed by atoms with E-state index >= 15 is 0 Å². The van der Waals surface area contributed by atoms with Gasteiger partial charge in [-0.3, -0.25) is 4.79 Å². The monoisotopic (exact) mass is 414 g/mol. The minimum Gasteiger partial charge on any atom is -0.491 e. The van der Waals surface area contributed by atoms with E-state index in [2.05, 4.69) is 27.0 Å². The SMILES string of the molecule is CCOc1cc(/C=N\NC(=O)c2ccc3c(c2)nc(C)n3CC)cc(Cl)c1OC. The number of fused-ring (bicyclic) bond motifs is 1. The summed E-state index contributed by atoms with van der Waals surface area (Å²) >= 11 is 6.23. The summed E-state index contributed by atoms with van der Waals surface area (Å²) in [6, 6.07) is 8.85. The summed E-state index contributed by atoms with van der Waals surface area (Å²) in [5, 5.41) is 4.43. The fourth-order valence-electron chi connectivity index (χ4n) is 3.14. The minimum absolute atomic E-state index is 0.323. The van der Waals surface area contributed by atoms with Gasteiger partial charge in [-0.25, -0.2) is 10.4 Å². The van der Waals surface area contributed by atoms with Crippen LogP contribution in [0.15, 0.2) is 35.4 Å². The maximum absolute atomic E-state index is 12.4. The van der Waals surface area contributed by atoms with Crippen molar-refractivity contribution in [1.29, 1.82) is 0 Å². The maximum Gasteiger partial charge on any atom is 0.271 e. The Balaban J connectivity index is 1.76. The summed E-state index contributed by atoms with van der Waals surface area (Å²) in [5.41, 5.74) is 5.47. The first-order valence-corrected chi connectivity index (χ1v) is 9.66. The van der Waals surface area contributed by atoms with Gasteiger partial charge in [0.1, 0.15) is 5.82 Å². The summed E-state index contributed by atoms with van der Waals surface area (Å²) in [4.78, 5) is 17.0. The van der Waals surface area contributed by atoms with Crippen LogP contribution in [0.1, 0.15) is 35.6 Å². The van der Waals surface area contributed by atoms with Gasteiger partial charge in [-0.2, -0.15) is 5.10 Å². The normalized spacial score (nSPS) is 11.2. The van der Waals surface area contributed by atoms with E-state index in [0.29, 0.717) is 34.3 Å². The van der Waals surface area contributed by atoms with Crippen LogP contribution in [0.2, 0.25) is 5.02 Å². The molecule has 152 valence electrons. The highest BCUT2D eigenvalue weighted by atomic mass is 35.5. The van der Waals surface area contributed by atoms with Crippen molar-refractivity contribution in [3.8, 4) is 11.5 Å². The number of ether oxygens (including phenoxy) is 2. The molecule has 1 heterocycles. The molecule has 0 aliphatic heterocycles. The highest BCUT2D eigenvalue weighted by Gasteiger charge is 2.12. The van der Waals surface area contributed by atoms with Gasteiger partial charge in [0.15, 0.2) is 11.5 Å². The van der Waals surface area contributed by atoms with Crippen LogP contribution in [-0.2, 0) is 6.54 Å². The fraction of sp³-hybridized carbons (Fsp3) is 0.286. The van der Waals surface area contributed by atoms with Gasteiger partial charge in [0, 0.05) is 12.1 Å². The molecule has 2 aromatic carbocycles. The molecule has 8 heteroatoms. The molecule has 29 heavy (non-hydrogen) atoms. The number of nitrogens with one attached hydrogen (secondary N) is 1. The number of imidazole rings is 1. The lowest BCUT2D eigenvalue weighted by molar-refractivity contribution is 0.0955. The van der Waals surface area contributed by atoms with Crippen LogP contribution in [-0.4, -0.2) is 35.4 Å². The zero-order valence-electron chi connectivity index (χ0n) is 16.8. The van der Waals surface area contributed by atoms with Crippen molar-refractivity contribution in [2.45, 2.75) is 27.3 Å². The first-order chi connectivity index (χ1) is 14.0. The number of benzene rings is 2. The zero-order chi connectivity index (χ0) is 21.0. The van der Waals surface area contributed by atoms with E-state index in [4.69, 9.17) is 21.1 Å². The lowest BCUT2D eigenvalue weighted by Crippen LogP contribution is -2.17. The molecule has 0 atom stereocenters. The number of hydrogen-bond donors (Lipinski definition) is 1. The summed E-state index contributed by atoms with van der Waals surface area (Å²) in [6.45, 7) is 7.18. The van der Waals surface area contributed by atoms with E-state index in [-0.39, 0.29) is 5.91 Å². The highest BCUT2D eigenvalue weighted by Crippen LogP contribution is 2.35. The Hall–Kier alpha value is -3.06. The van der Waals surface area contributed by atoms with Crippen LogP contribution in [0, 0.1) is 6.92 Å². The second-order valence-corrected chi connectivity index (χ2v) is 6.68. The predicted octanol–water partition coefficient (Wildman–Crippen LogP) is 4.19. The lowest BCUT2D eigenvalue weighted by atomic mass is 10.2. The third-order valence-electron chi connectivity index (χ3n) is 4.43. The molecule has 1 amide bonds. The third-order valence-corrected chi connectivity index (χ3v) is 4.71. The number of rotatable bonds is 7. The van der Waals surface area contributed by atoms with Crippen LogP contribution in [0.4, 0.5) is 0 Å². The Morgan fingerprint density at radius 1 is 1.31 bits per heavy atom. The Morgan fingerprint density at radius 2 is 2.10 bits per heavy atom. The number of aryl methyl sites for hydroxylation is 2. The molecule has 3 aromatic rings. The van der Waals surface area contributed by atoms with Crippen molar-refractivity contribution in [1.82, 2.24) is 15.0 Å². The van der Waals surface area contributed by atoms with Crippen LogP contribution < -0.4 is 14.9 Å². The van der Waals surface area contributed by atoms with Gasteiger partial charge in [0.25, 0.3) is 5.91 Å². The molecule has 0 fully saturated rings. The second-order valence-electron chi connectivity index (χ2n) is 6.27. The molecule has 1 N–H and O–H groups in total. The standard InChI is InChI=1S/C21H23ClN4O3/c1-5-26-13(3)24-17-11-15(7-8-18(17)26)21(27)25-23-12-14-9-16(22)20(28-4)19(10-14)29-6-2/h7-12H,5-6H2,1-4H3,(H,25,27)/b23-12-. The molecule has 3 rings (SSSR count). The number of amides is 1. The van der Waals surface area contributed by atoms with Gasteiger partial charge in [0.2, 0.25) is 0 Å². The van der Waals surface area contributed by atoms with Crippen molar-refractivity contribution in [3.63, 3.8) is 0 Å². The van der Waals surface area contributed by atoms with Crippen LogP contribution in [0.5, 0.6) is 11.5 Å². The second kappa shape index (κ2) is 8.96. The molecule has 0 saturated carbocycles. The Morgan fingerprint density at radius 3 is 2.79 bits per heavy atom. The van der Waals surface area contributed by atoms with Crippen LogP contribution in [0.25, 0.3) is 11.0 Å². The van der Waals surface area contributed by atoms with Crippen molar-refractivity contribution in [2.24, 2.45) is 5.10 Å². The van der Waals surface area contributed by atoms with Gasteiger partial charge >= 0.3 is 0 Å². The molecule has 1 aromatic heterocycles. The summed E-state index contributed by atoms with van der Waals surface area (Å²) in [6.07, 6.45) is 1.50. The van der Waals surface area contributed by atoms with E-state index in [1.54, 1.807) is 24.3 Å². The van der Waals surface area contributed by atoms with E-state index in [0.717, 1.165) is 23.4 Å². The number of aromatic nitrogens is 2. The maximum atomic E-state index is 12.4. The Kier molecular flexibility index (Phi) is 6.39. The Bertz CT molecular complexity index is 1080. The third kappa shape index (κ3) is 4.35. The summed E-state index contributed by atoms with van der Waals surface area (Å²) in [5.74, 6) is 1.57. The molecule has 0 aliphatic rings. The molecular weight excluding hydrogens is 392 g/mol. The van der Waals surface area contributed by atoms with Gasteiger partial charge in [-0.15, -0.1) is 0 Å². The van der Waals surface area contributed by atoms with Gasteiger partial charge in [-0.05, 0) is 56.7 Å². The van der Waals surface area contributed by atoms with Gasteiger partial charge in [-0.1, -0.05) is 11.6 Å². The number of halogens is 1. The molecular formula is C21H23ClN4O3. The first kappa shape index (κ1) is 20.7. The topological polar surface area (TPSA) is 77.7 Å². The molecule has 0 bridgehead atoms. The number of hydrazone groups is 1. The molecule has 0 radical (unpaired) electrons. The summed E-state index contributed by atoms with van der Waals surface area (Å²) < 4.78 is 12.9. The van der Waals surface area contributed by atoms with Crippen molar-refractivity contribution in [3.05, 3.63) is 52.3 Å². The fourth-order valence-corrected chi connectivity index (χ4v) is 3.44. The number of carbonyl (C=O) groups is 1. The summed E-state index contributed by atoms with van der Waals surface area (Å²) in [7, 11) is 1.53. The zero-order valence-corrected chi connectivity index (χ0v) is 17.6. The number of carbonyl (C=O) groups excluding carboxylic acids is 1. The van der Waals surface area contributed by atoms with Crippen molar-refractivity contribution in [2.75, 3.05) is 13.7 Å². The number of methoxy groups -OCH3 is 1. The number of hydrogen-bond acceptors (Lipinski definition) is 5. The van der Waals surface area contributed by atoms with E-state index in [9.17, 15) is 4.79 Å². The van der Waals surface area contributed by atoms with Crippen LogP contribution in [0.3, 0.4) is 0 Å². The molecule has 0 saturated heterocycles. The highest BCUT2D eigenvalue weighted by molar-refractivity contribution is 6.32. The average Bonchev–Trinajstić information content (AvgIpc) is 3.02. The molecule has 7 nitrogen and oxygen atoms in total. The molecule has 0 spiro atoms. The van der Waals surface area contributed by atoms with Gasteiger partial charge in [0.05, 0.1) is 36.0 Å².